The van der Waals surface area contributed by atoms with Gasteiger partial charge >= 0.3 is 5.69 Å². The summed E-state index contributed by atoms with van der Waals surface area (Å²) < 4.78 is 0.931. The standard InChI is InChI=1S/C25H25N5O3/c1-5-21(31)25(8-9-25)19-12-17(7-6-14(19)2)11-18-15(3)10-22(27-16(18)4)30-24(33)28-23(32)20(13-26)29-30/h6-7,10,12H,5,8-9,11H2,1-4H3,(H,28,32,33). The predicted molar refractivity (Wildman–Crippen MR) is 123 cm³/mol. The molecule has 2 aromatic heterocycles. The zero-order valence-corrected chi connectivity index (χ0v) is 19.2. The smallest absolute Gasteiger partial charge is 0.299 e. The zero-order chi connectivity index (χ0) is 23.9. The molecule has 0 radical (unpaired) electrons. The van der Waals surface area contributed by atoms with Gasteiger partial charge in [-0.2, -0.15) is 9.94 Å². The molecule has 1 fully saturated rings. The molecule has 8 heteroatoms. The number of aromatic nitrogens is 4. The van der Waals surface area contributed by atoms with Gasteiger partial charge in [-0.3, -0.25) is 14.6 Å². The largest absolute Gasteiger partial charge is 0.351 e. The minimum atomic E-state index is -0.825. The first kappa shape index (κ1) is 22.3. The van der Waals surface area contributed by atoms with Crippen LogP contribution in [0.2, 0.25) is 0 Å². The number of rotatable bonds is 6. The highest BCUT2D eigenvalue weighted by Crippen LogP contribution is 2.51. The van der Waals surface area contributed by atoms with E-state index in [2.05, 4.69) is 40.2 Å². The SMILES string of the molecule is CCC(=O)C1(c2cc(Cc3c(C)cc(-n4nc(C#N)c(=O)[nH]c4=O)nc3C)ccc2C)CC1. The molecular formula is C25H25N5O3. The number of aromatic amines is 1. The molecule has 3 aromatic rings. The van der Waals surface area contributed by atoms with Crippen molar-refractivity contribution in [3.8, 4) is 11.9 Å². The molecule has 1 aliphatic carbocycles. The summed E-state index contributed by atoms with van der Waals surface area (Å²) in [6.45, 7) is 7.75. The number of aryl methyl sites for hydroxylation is 3. The molecule has 0 saturated heterocycles. The molecule has 0 unspecified atom stereocenters. The van der Waals surface area contributed by atoms with Crippen molar-refractivity contribution >= 4 is 5.78 Å². The summed E-state index contributed by atoms with van der Waals surface area (Å²) in [4.78, 5) is 43.1. The van der Waals surface area contributed by atoms with Gasteiger partial charge in [0, 0.05) is 12.1 Å². The van der Waals surface area contributed by atoms with Crippen molar-refractivity contribution < 1.29 is 4.79 Å². The Labute approximate surface area is 190 Å². The van der Waals surface area contributed by atoms with Crippen LogP contribution >= 0.6 is 0 Å². The third-order valence-corrected chi connectivity index (χ3v) is 6.49. The van der Waals surface area contributed by atoms with Gasteiger partial charge in [0.2, 0.25) is 5.69 Å². The maximum atomic E-state index is 12.6. The normalized spacial score (nSPS) is 14.0. The molecule has 4 rings (SSSR count). The van der Waals surface area contributed by atoms with Crippen LogP contribution in [-0.2, 0) is 16.6 Å². The second-order valence-corrected chi connectivity index (χ2v) is 8.68. The number of nitrogens with zero attached hydrogens (tertiary/aromatic N) is 4. The van der Waals surface area contributed by atoms with Gasteiger partial charge in [0.05, 0.1) is 5.41 Å². The van der Waals surface area contributed by atoms with E-state index >= 15 is 0 Å². The van der Waals surface area contributed by atoms with Gasteiger partial charge in [-0.25, -0.2) is 9.78 Å². The first-order valence-corrected chi connectivity index (χ1v) is 10.9. The van der Waals surface area contributed by atoms with Crippen molar-refractivity contribution in [3.05, 3.63) is 84.3 Å². The lowest BCUT2D eigenvalue weighted by molar-refractivity contribution is -0.121. The summed E-state index contributed by atoms with van der Waals surface area (Å²) in [5.74, 6) is 0.540. The molecule has 33 heavy (non-hydrogen) atoms. The number of benzene rings is 1. The number of pyridine rings is 1. The lowest BCUT2D eigenvalue weighted by Crippen LogP contribution is -2.33. The average Bonchev–Trinajstić information content (AvgIpc) is 3.58. The number of carbonyl (C=O) groups is 1. The Hall–Kier alpha value is -3.86. The molecule has 0 spiro atoms. The van der Waals surface area contributed by atoms with Crippen molar-refractivity contribution in [2.24, 2.45) is 0 Å². The fourth-order valence-electron chi connectivity index (χ4n) is 4.50. The molecule has 1 aliphatic rings. The van der Waals surface area contributed by atoms with Crippen molar-refractivity contribution in [1.82, 2.24) is 19.7 Å². The molecule has 168 valence electrons. The summed E-state index contributed by atoms with van der Waals surface area (Å²) in [6, 6.07) is 9.70. The lowest BCUT2D eigenvalue weighted by atomic mass is 9.85. The Balaban J connectivity index is 1.71. The summed E-state index contributed by atoms with van der Waals surface area (Å²) in [5.41, 5.74) is 3.69. The Morgan fingerprint density at radius 2 is 1.91 bits per heavy atom. The van der Waals surface area contributed by atoms with Crippen LogP contribution < -0.4 is 11.2 Å². The molecule has 0 amide bonds. The monoisotopic (exact) mass is 443 g/mol. The van der Waals surface area contributed by atoms with E-state index in [1.807, 2.05) is 20.8 Å². The van der Waals surface area contributed by atoms with Crippen molar-refractivity contribution in [2.45, 2.75) is 58.8 Å². The highest BCUT2D eigenvalue weighted by Gasteiger charge is 2.50. The number of H-pyrrole nitrogens is 1. The Morgan fingerprint density at radius 3 is 2.52 bits per heavy atom. The lowest BCUT2D eigenvalue weighted by Gasteiger charge is -2.19. The highest BCUT2D eigenvalue weighted by atomic mass is 16.2. The van der Waals surface area contributed by atoms with Gasteiger partial charge in [-0.05, 0) is 73.9 Å². The van der Waals surface area contributed by atoms with E-state index in [9.17, 15) is 14.4 Å². The molecule has 0 bridgehead atoms. The van der Waals surface area contributed by atoms with Crippen LogP contribution in [0.1, 0.15) is 65.4 Å². The molecule has 2 heterocycles. The molecule has 1 saturated carbocycles. The molecule has 8 nitrogen and oxygen atoms in total. The number of Topliss-reactive ketones (excluding diaryl/α,β-unsaturated/α-hetero) is 1. The highest BCUT2D eigenvalue weighted by molar-refractivity contribution is 5.93. The van der Waals surface area contributed by atoms with Crippen molar-refractivity contribution in [2.75, 3.05) is 0 Å². The van der Waals surface area contributed by atoms with Gasteiger partial charge in [0.1, 0.15) is 11.9 Å². The fraction of sp³-hybridized carbons (Fsp3) is 0.360. The Bertz CT molecular complexity index is 1410. The van der Waals surface area contributed by atoms with Crippen LogP contribution in [0.15, 0.2) is 33.9 Å². The molecule has 0 aliphatic heterocycles. The van der Waals surface area contributed by atoms with E-state index in [1.54, 1.807) is 12.1 Å². The molecule has 1 aromatic carbocycles. The quantitative estimate of drug-likeness (QED) is 0.625. The average molecular weight is 444 g/mol. The van der Waals surface area contributed by atoms with Crippen LogP contribution in [-0.4, -0.2) is 25.5 Å². The van der Waals surface area contributed by atoms with Crippen LogP contribution in [0.3, 0.4) is 0 Å². The van der Waals surface area contributed by atoms with Crippen LogP contribution in [0.25, 0.3) is 5.82 Å². The van der Waals surface area contributed by atoms with Crippen LogP contribution in [0.4, 0.5) is 0 Å². The van der Waals surface area contributed by atoms with E-state index in [4.69, 9.17) is 5.26 Å². The third kappa shape index (κ3) is 3.91. The summed E-state index contributed by atoms with van der Waals surface area (Å²) in [5, 5.41) is 12.9. The number of carbonyl (C=O) groups excluding carboxylic acids is 1. The van der Waals surface area contributed by atoms with Gasteiger partial charge < -0.3 is 0 Å². The number of nitrogens with one attached hydrogen (secondary N) is 1. The first-order chi connectivity index (χ1) is 15.7. The van der Waals surface area contributed by atoms with E-state index in [-0.39, 0.29) is 11.2 Å². The number of hydrogen-bond donors (Lipinski definition) is 1. The minimum Gasteiger partial charge on any atom is -0.299 e. The van der Waals surface area contributed by atoms with Gasteiger partial charge in [-0.1, -0.05) is 25.1 Å². The molecular weight excluding hydrogens is 418 g/mol. The van der Waals surface area contributed by atoms with Gasteiger partial charge in [0.25, 0.3) is 5.56 Å². The van der Waals surface area contributed by atoms with E-state index in [1.165, 1.54) is 0 Å². The van der Waals surface area contributed by atoms with Crippen molar-refractivity contribution in [1.29, 1.82) is 5.26 Å². The van der Waals surface area contributed by atoms with E-state index in [0.29, 0.717) is 18.6 Å². The van der Waals surface area contributed by atoms with Crippen LogP contribution in [0.5, 0.6) is 0 Å². The maximum absolute atomic E-state index is 12.6. The topological polar surface area (TPSA) is 121 Å². The molecule has 1 N–H and O–H groups in total. The number of nitriles is 1. The number of hydrogen-bond acceptors (Lipinski definition) is 6. The minimum absolute atomic E-state index is 0.238. The fourth-order valence-corrected chi connectivity index (χ4v) is 4.50. The Morgan fingerprint density at radius 1 is 1.18 bits per heavy atom. The number of ketones is 1. The van der Waals surface area contributed by atoms with Crippen LogP contribution in [0, 0.1) is 32.1 Å². The van der Waals surface area contributed by atoms with Gasteiger partial charge in [0.15, 0.2) is 5.82 Å². The zero-order valence-electron chi connectivity index (χ0n) is 19.2. The van der Waals surface area contributed by atoms with Crippen molar-refractivity contribution in [3.63, 3.8) is 0 Å². The second kappa shape index (κ2) is 8.24. The van der Waals surface area contributed by atoms with Gasteiger partial charge in [-0.15, -0.1) is 5.10 Å². The second-order valence-electron chi connectivity index (χ2n) is 8.68. The maximum Gasteiger partial charge on any atom is 0.351 e. The third-order valence-electron chi connectivity index (χ3n) is 6.49. The predicted octanol–water partition coefficient (Wildman–Crippen LogP) is 2.71. The van der Waals surface area contributed by atoms with E-state index in [0.717, 1.165) is 51.0 Å². The molecule has 0 atom stereocenters. The first-order valence-electron chi connectivity index (χ1n) is 10.9. The van der Waals surface area contributed by atoms with E-state index < -0.39 is 16.9 Å². The summed E-state index contributed by atoms with van der Waals surface area (Å²) in [7, 11) is 0. The Kier molecular flexibility index (Phi) is 5.58. The summed E-state index contributed by atoms with van der Waals surface area (Å²) in [6.07, 6.45) is 2.98. The summed E-state index contributed by atoms with van der Waals surface area (Å²) >= 11 is 0.